The van der Waals surface area contributed by atoms with Gasteiger partial charge in [-0.05, 0) is 25.1 Å². The van der Waals surface area contributed by atoms with Gasteiger partial charge in [-0.1, -0.05) is 15.9 Å². The molecule has 0 spiro atoms. The zero-order valence-corrected chi connectivity index (χ0v) is 11.1. The number of alkyl halides is 3. The normalized spacial score (nSPS) is 13.0. The van der Waals surface area contributed by atoms with Crippen LogP contribution in [0.5, 0.6) is 5.75 Å². The molecule has 7 heteroatoms. The Labute approximate surface area is 110 Å². The van der Waals surface area contributed by atoms with Crippen LogP contribution in [-0.4, -0.2) is 25.4 Å². The van der Waals surface area contributed by atoms with Crippen LogP contribution in [0, 0.1) is 0 Å². The van der Waals surface area contributed by atoms with Gasteiger partial charge in [0.1, 0.15) is 11.3 Å². The minimum atomic E-state index is -4.50. The average Bonchev–Trinajstić information content (AvgIpc) is 2.29. The Balaban J connectivity index is 3.05. The van der Waals surface area contributed by atoms with Gasteiger partial charge < -0.3 is 9.47 Å². The Hall–Kier alpha value is -1.24. The number of hydrogen-bond donors (Lipinski definition) is 0. The third-order valence-electron chi connectivity index (χ3n) is 2.11. The molecule has 0 amide bonds. The Morgan fingerprint density at radius 1 is 1.39 bits per heavy atom. The molecule has 1 atom stereocenters. The Kier molecular flexibility index (Phi) is 4.61. The Morgan fingerprint density at radius 3 is 2.50 bits per heavy atom. The van der Waals surface area contributed by atoms with Crippen molar-refractivity contribution < 1.29 is 27.4 Å². The van der Waals surface area contributed by atoms with Crippen LogP contribution in [-0.2, 0) is 4.74 Å². The summed E-state index contributed by atoms with van der Waals surface area (Å²) in [7, 11) is 1.14. The fraction of sp³-hybridized carbons (Fsp3) is 0.364. The van der Waals surface area contributed by atoms with Crippen molar-refractivity contribution in [1.29, 1.82) is 0 Å². The highest BCUT2D eigenvalue weighted by molar-refractivity contribution is 9.10. The predicted molar refractivity (Wildman–Crippen MR) is 61.6 cm³/mol. The van der Waals surface area contributed by atoms with Crippen LogP contribution in [0.15, 0.2) is 22.7 Å². The zero-order valence-electron chi connectivity index (χ0n) is 9.55. The zero-order chi connectivity index (χ0) is 13.9. The van der Waals surface area contributed by atoms with E-state index in [-0.39, 0.29) is 11.3 Å². The molecule has 1 aromatic rings. The molecule has 18 heavy (non-hydrogen) atoms. The van der Waals surface area contributed by atoms with E-state index in [1.807, 2.05) is 0 Å². The largest absolute Gasteiger partial charge is 0.480 e. The number of halogens is 4. The van der Waals surface area contributed by atoms with Gasteiger partial charge in [0.05, 0.1) is 7.11 Å². The molecule has 100 valence electrons. The standard InChI is InChI=1S/C11H10BrF3O3/c1-6(11(13,14)15)18-9-4-3-7(12)5-8(9)10(16)17-2/h3-6H,1-2H3/t6-/m0/s1. The van der Waals surface area contributed by atoms with Crippen molar-refractivity contribution in [3.8, 4) is 5.75 Å². The summed E-state index contributed by atoms with van der Waals surface area (Å²) in [4.78, 5) is 11.4. The van der Waals surface area contributed by atoms with Crippen LogP contribution in [0.3, 0.4) is 0 Å². The summed E-state index contributed by atoms with van der Waals surface area (Å²) >= 11 is 3.11. The molecule has 0 aliphatic heterocycles. The van der Waals surface area contributed by atoms with Gasteiger partial charge in [0.15, 0.2) is 6.10 Å². The van der Waals surface area contributed by atoms with Gasteiger partial charge in [0, 0.05) is 4.47 Å². The molecular weight excluding hydrogens is 317 g/mol. The Morgan fingerprint density at radius 2 is 2.00 bits per heavy atom. The first-order valence-corrected chi connectivity index (χ1v) is 5.66. The van der Waals surface area contributed by atoms with Gasteiger partial charge in [0.2, 0.25) is 0 Å². The molecule has 0 radical (unpaired) electrons. The maximum Gasteiger partial charge on any atom is 0.425 e. The van der Waals surface area contributed by atoms with Gasteiger partial charge >= 0.3 is 12.1 Å². The second kappa shape index (κ2) is 5.60. The van der Waals surface area contributed by atoms with E-state index in [0.717, 1.165) is 14.0 Å². The van der Waals surface area contributed by atoms with Crippen molar-refractivity contribution in [2.24, 2.45) is 0 Å². The van der Waals surface area contributed by atoms with E-state index < -0.39 is 18.2 Å². The van der Waals surface area contributed by atoms with Crippen LogP contribution < -0.4 is 4.74 Å². The molecule has 0 bridgehead atoms. The van der Waals surface area contributed by atoms with E-state index >= 15 is 0 Å². The molecule has 0 saturated heterocycles. The van der Waals surface area contributed by atoms with Crippen molar-refractivity contribution in [2.45, 2.75) is 19.2 Å². The summed E-state index contributed by atoms with van der Waals surface area (Å²) in [6.07, 6.45) is -6.51. The highest BCUT2D eigenvalue weighted by Gasteiger charge is 2.38. The van der Waals surface area contributed by atoms with Crippen molar-refractivity contribution >= 4 is 21.9 Å². The minimum absolute atomic E-state index is 0.0667. The maximum atomic E-state index is 12.4. The summed E-state index contributed by atoms with van der Waals surface area (Å²) in [5.74, 6) is -0.935. The van der Waals surface area contributed by atoms with Crippen molar-refractivity contribution in [2.75, 3.05) is 7.11 Å². The molecule has 0 aliphatic carbocycles. The van der Waals surface area contributed by atoms with Crippen LogP contribution in [0.25, 0.3) is 0 Å². The summed E-state index contributed by atoms with van der Waals surface area (Å²) in [5.41, 5.74) is -0.0667. The molecule has 0 unspecified atom stereocenters. The summed E-state index contributed by atoms with van der Waals surface area (Å²) in [6.45, 7) is 0.864. The van der Waals surface area contributed by atoms with Crippen molar-refractivity contribution in [3.05, 3.63) is 28.2 Å². The van der Waals surface area contributed by atoms with Crippen molar-refractivity contribution in [3.63, 3.8) is 0 Å². The number of ether oxygens (including phenoxy) is 2. The smallest absolute Gasteiger partial charge is 0.425 e. The van der Waals surface area contributed by atoms with Crippen molar-refractivity contribution in [1.82, 2.24) is 0 Å². The first kappa shape index (κ1) is 14.8. The molecule has 1 aromatic carbocycles. The van der Waals surface area contributed by atoms with Gasteiger partial charge in [-0.15, -0.1) is 0 Å². The number of esters is 1. The van der Waals surface area contributed by atoms with E-state index in [2.05, 4.69) is 20.7 Å². The topological polar surface area (TPSA) is 35.5 Å². The molecule has 0 saturated carbocycles. The SMILES string of the molecule is COC(=O)c1cc(Br)ccc1O[C@@H](C)C(F)(F)F. The molecule has 0 aliphatic rings. The highest BCUT2D eigenvalue weighted by atomic mass is 79.9. The minimum Gasteiger partial charge on any atom is -0.480 e. The molecule has 3 nitrogen and oxygen atoms in total. The van der Waals surface area contributed by atoms with E-state index in [1.165, 1.54) is 18.2 Å². The van der Waals surface area contributed by atoms with Crippen LogP contribution in [0.4, 0.5) is 13.2 Å². The molecular formula is C11H10BrF3O3. The van der Waals surface area contributed by atoms with Gasteiger partial charge in [-0.3, -0.25) is 0 Å². The number of hydrogen-bond acceptors (Lipinski definition) is 3. The second-order valence-electron chi connectivity index (χ2n) is 3.43. The monoisotopic (exact) mass is 326 g/mol. The first-order chi connectivity index (χ1) is 8.25. The molecule has 0 aromatic heterocycles. The van der Waals surface area contributed by atoms with Gasteiger partial charge in [-0.25, -0.2) is 4.79 Å². The van der Waals surface area contributed by atoms with E-state index in [9.17, 15) is 18.0 Å². The Bertz CT molecular complexity index is 446. The fourth-order valence-electron chi connectivity index (χ4n) is 1.13. The number of methoxy groups -OCH3 is 1. The summed E-state index contributed by atoms with van der Waals surface area (Å²) in [5, 5.41) is 0. The van der Waals surface area contributed by atoms with Crippen LogP contribution in [0.1, 0.15) is 17.3 Å². The molecule has 0 heterocycles. The lowest BCUT2D eigenvalue weighted by Gasteiger charge is -2.19. The van der Waals surface area contributed by atoms with Gasteiger partial charge in [-0.2, -0.15) is 13.2 Å². The molecule has 1 rings (SSSR count). The molecule has 0 fully saturated rings. The number of benzene rings is 1. The predicted octanol–water partition coefficient (Wildman–Crippen LogP) is 3.57. The third-order valence-corrected chi connectivity index (χ3v) is 2.60. The average molecular weight is 327 g/mol. The van der Waals surface area contributed by atoms with Gasteiger partial charge in [0.25, 0.3) is 0 Å². The second-order valence-corrected chi connectivity index (χ2v) is 4.35. The lowest BCUT2D eigenvalue weighted by Crippen LogP contribution is -2.31. The fourth-order valence-corrected chi connectivity index (χ4v) is 1.49. The summed E-state index contributed by atoms with van der Waals surface area (Å²) in [6, 6.07) is 4.09. The quantitative estimate of drug-likeness (QED) is 0.797. The third kappa shape index (κ3) is 3.63. The van der Waals surface area contributed by atoms with Crippen LogP contribution in [0.2, 0.25) is 0 Å². The first-order valence-electron chi connectivity index (χ1n) is 4.87. The summed E-state index contributed by atoms with van der Waals surface area (Å²) < 4.78 is 46.9. The van der Waals surface area contributed by atoms with E-state index in [0.29, 0.717) is 4.47 Å². The van der Waals surface area contributed by atoms with Crippen LogP contribution >= 0.6 is 15.9 Å². The number of rotatable bonds is 3. The lowest BCUT2D eigenvalue weighted by atomic mass is 10.2. The van der Waals surface area contributed by atoms with E-state index in [4.69, 9.17) is 4.74 Å². The highest BCUT2D eigenvalue weighted by Crippen LogP contribution is 2.29. The lowest BCUT2D eigenvalue weighted by molar-refractivity contribution is -0.189. The van der Waals surface area contributed by atoms with E-state index in [1.54, 1.807) is 0 Å². The molecule has 0 N–H and O–H groups in total. The number of carbonyl (C=O) groups is 1. The maximum absolute atomic E-state index is 12.4. The number of carbonyl (C=O) groups excluding carboxylic acids is 1.